The number of aryl methyl sites for hydroxylation is 2. The maximum absolute atomic E-state index is 6.15. The van der Waals surface area contributed by atoms with Gasteiger partial charge in [0.15, 0.2) is 5.65 Å². The molecule has 1 saturated heterocycles. The molecule has 4 rings (SSSR count). The first-order valence-electron chi connectivity index (χ1n) is 8.35. The molecule has 0 unspecified atom stereocenters. The van der Waals surface area contributed by atoms with Gasteiger partial charge in [-0.15, -0.1) is 0 Å². The second-order valence-electron chi connectivity index (χ2n) is 7.60. The van der Waals surface area contributed by atoms with Gasteiger partial charge in [0, 0.05) is 42.9 Å². The first kappa shape index (κ1) is 16.3. The first-order chi connectivity index (χ1) is 11.7. The molecule has 0 radical (unpaired) electrons. The molecule has 8 heteroatoms. The van der Waals surface area contributed by atoms with Crippen LogP contribution in [0.15, 0.2) is 24.7 Å². The minimum Gasteiger partial charge on any atom is -0.399 e. The average molecular weight is 339 g/mol. The molecule has 25 heavy (non-hydrogen) atoms. The Kier molecular flexibility index (Phi) is 3.36. The third-order valence-corrected chi connectivity index (χ3v) is 5.20. The number of aromatic nitrogens is 5. The van der Waals surface area contributed by atoms with E-state index in [1.165, 1.54) is 0 Å². The van der Waals surface area contributed by atoms with E-state index in [1.807, 2.05) is 54.2 Å². The lowest BCUT2D eigenvalue weighted by molar-refractivity contribution is 0.00578. The van der Waals surface area contributed by atoms with Crippen molar-refractivity contribution in [3.05, 3.63) is 24.7 Å². The summed E-state index contributed by atoms with van der Waals surface area (Å²) in [5, 5.41) is 9.82. The van der Waals surface area contributed by atoms with E-state index < -0.39 is 7.12 Å². The molecule has 3 aromatic rings. The summed E-state index contributed by atoms with van der Waals surface area (Å²) in [4.78, 5) is 4.59. The minimum atomic E-state index is -0.441. The van der Waals surface area contributed by atoms with Gasteiger partial charge in [-0.1, -0.05) is 0 Å². The molecule has 3 aromatic heterocycles. The zero-order chi connectivity index (χ0) is 18.0. The summed E-state index contributed by atoms with van der Waals surface area (Å²) in [6.45, 7) is 8.18. The van der Waals surface area contributed by atoms with Crippen molar-refractivity contribution >= 4 is 23.6 Å². The molecular weight excluding hydrogens is 317 g/mol. The van der Waals surface area contributed by atoms with E-state index in [-0.39, 0.29) is 11.2 Å². The van der Waals surface area contributed by atoms with Crippen LogP contribution < -0.4 is 5.46 Å². The monoisotopic (exact) mass is 339 g/mol. The van der Waals surface area contributed by atoms with Crippen molar-refractivity contribution in [3.63, 3.8) is 0 Å². The number of nitrogens with zero attached hydrogens (tertiary/aromatic N) is 5. The topological polar surface area (TPSA) is 67.0 Å². The van der Waals surface area contributed by atoms with Crippen LogP contribution in [-0.4, -0.2) is 42.9 Å². The fourth-order valence-corrected chi connectivity index (χ4v) is 3.02. The van der Waals surface area contributed by atoms with Crippen LogP contribution >= 0.6 is 0 Å². The van der Waals surface area contributed by atoms with Gasteiger partial charge >= 0.3 is 7.12 Å². The summed E-state index contributed by atoms with van der Waals surface area (Å²) >= 11 is 0. The van der Waals surface area contributed by atoms with Gasteiger partial charge in [-0.05, 0) is 33.8 Å². The van der Waals surface area contributed by atoms with Crippen LogP contribution in [0, 0.1) is 0 Å². The second kappa shape index (κ2) is 5.16. The van der Waals surface area contributed by atoms with Gasteiger partial charge in [0.2, 0.25) is 0 Å². The Morgan fingerprint density at radius 2 is 1.72 bits per heavy atom. The largest absolute Gasteiger partial charge is 0.496 e. The van der Waals surface area contributed by atoms with Gasteiger partial charge in [0.05, 0.1) is 17.4 Å². The van der Waals surface area contributed by atoms with Crippen LogP contribution in [0.4, 0.5) is 0 Å². The fourth-order valence-electron chi connectivity index (χ4n) is 3.02. The highest BCUT2D eigenvalue weighted by Crippen LogP contribution is 2.36. The molecule has 1 fully saturated rings. The van der Waals surface area contributed by atoms with Gasteiger partial charge in [-0.3, -0.25) is 4.68 Å². The quantitative estimate of drug-likeness (QED) is 0.665. The van der Waals surface area contributed by atoms with Gasteiger partial charge in [0.1, 0.15) is 5.69 Å². The lowest BCUT2D eigenvalue weighted by atomic mass is 9.80. The third-order valence-electron chi connectivity index (χ3n) is 5.20. The summed E-state index contributed by atoms with van der Waals surface area (Å²) in [6.07, 6.45) is 5.56. The van der Waals surface area contributed by atoms with Crippen LogP contribution in [0.25, 0.3) is 22.3 Å². The van der Waals surface area contributed by atoms with Crippen molar-refractivity contribution in [2.45, 2.75) is 38.9 Å². The Bertz CT molecular complexity index is 943. The number of rotatable bonds is 2. The van der Waals surface area contributed by atoms with Crippen molar-refractivity contribution in [1.82, 2.24) is 24.5 Å². The van der Waals surface area contributed by atoms with Crippen molar-refractivity contribution < 1.29 is 9.31 Å². The molecule has 1 aliphatic rings. The van der Waals surface area contributed by atoms with E-state index in [9.17, 15) is 0 Å². The molecule has 4 heterocycles. The maximum Gasteiger partial charge on any atom is 0.496 e. The molecule has 1 aliphatic heterocycles. The van der Waals surface area contributed by atoms with E-state index in [0.29, 0.717) is 0 Å². The molecule has 0 spiro atoms. The highest BCUT2D eigenvalue weighted by atomic mass is 16.7. The second-order valence-corrected chi connectivity index (χ2v) is 7.60. The molecular formula is C17H22BN5O2. The molecule has 0 saturated carbocycles. The van der Waals surface area contributed by atoms with Crippen molar-refractivity contribution in [3.8, 4) is 11.3 Å². The van der Waals surface area contributed by atoms with Crippen LogP contribution in [-0.2, 0) is 23.4 Å². The molecule has 0 amide bonds. The number of fused-ring (bicyclic) bond motifs is 1. The first-order valence-corrected chi connectivity index (χ1v) is 8.35. The SMILES string of the molecule is Cn1cc(-c2nn(C)c3ncc(B4OC(C)(C)C(C)(C)O4)cc23)cn1. The lowest BCUT2D eigenvalue weighted by Crippen LogP contribution is -2.41. The highest BCUT2D eigenvalue weighted by Gasteiger charge is 2.51. The summed E-state index contributed by atoms with van der Waals surface area (Å²) in [5.41, 5.74) is 2.77. The molecule has 0 aliphatic carbocycles. The van der Waals surface area contributed by atoms with E-state index in [4.69, 9.17) is 9.31 Å². The Balaban J connectivity index is 1.81. The van der Waals surface area contributed by atoms with Crippen LogP contribution in [0.1, 0.15) is 27.7 Å². The van der Waals surface area contributed by atoms with E-state index in [0.717, 1.165) is 27.8 Å². The zero-order valence-corrected chi connectivity index (χ0v) is 15.4. The molecule has 0 N–H and O–H groups in total. The van der Waals surface area contributed by atoms with Gasteiger partial charge in [-0.2, -0.15) is 10.2 Å². The fraction of sp³-hybridized carbons (Fsp3) is 0.471. The Morgan fingerprint density at radius 1 is 1.04 bits per heavy atom. The number of hydrogen-bond donors (Lipinski definition) is 0. The van der Waals surface area contributed by atoms with E-state index in [1.54, 1.807) is 15.6 Å². The maximum atomic E-state index is 6.15. The molecule has 0 atom stereocenters. The molecule has 7 nitrogen and oxygen atoms in total. The predicted octanol–water partition coefficient (Wildman–Crippen LogP) is 1.67. The van der Waals surface area contributed by atoms with Crippen LogP contribution in [0.2, 0.25) is 0 Å². The van der Waals surface area contributed by atoms with E-state index in [2.05, 4.69) is 21.2 Å². The van der Waals surface area contributed by atoms with Crippen molar-refractivity contribution in [2.75, 3.05) is 0 Å². The van der Waals surface area contributed by atoms with Crippen molar-refractivity contribution in [1.29, 1.82) is 0 Å². The van der Waals surface area contributed by atoms with Crippen LogP contribution in [0.5, 0.6) is 0 Å². The highest BCUT2D eigenvalue weighted by molar-refractivity contribution is 6.62. The standard InChI is InChI=1S/C17H22BN5O2/c1-16(2)17(3,4)25-18(24-16)12-7-13-14(11-8-20-22(5)10-11)21-23(6)15(13)19-9-12/h7-10H,1-6H3. The van der Waals surface area contributed by atoms with Gasteiger partial charge in [0.25, 0.3) is 0 Å². The Hall–Kier alpha value is -2.19. The smallest absolute Gasteiger partial charge is 0.399 e. The van der Waals surface area contributed by atoms with E-state index >= 15 is 0 Å². The summed E-state index contributed by atoms with van der Waals surface area (Å²) in [6, 6.07) is 2.06. The zero-order valence-electron chi connectivity index (χ0n) is 15.4. The third kappa shape index (κ3) is 2.48. The molecule has 0 aromatic carbocycles. The van der Waals surface area contributed by atoms with Crippen molar-refractivity contribution in [2.24, 2.45) is 14.1 Å². The Morgan fingerprint density at radius 3 is 2.32 bits per heavy atom. The minimum absolute atomic E-state index is 0.381. The van der Waals surface area contributed by atoms with Crippen LogP contribution in [0.3, 0.4) is 0 Å². The Labute approximate surface area is 147 Å². The number of hydrogen-bond acceptors (Lipinski definition) is 5. The van der Waals surface area contributed by atoms with Gasteiger partial charge in [-0.25, -0.2) is 9.67 Å². The predicted molar refractivity (Wildman–Crippen MR) is 96.4 cm³/mol. The summed E-state index contributed by atoms with van der Waals surface area (Å²) in [7, 11) is 3.34. The lowest BCUT2D eigenvalue weighted by Gasteiger charge is -2.32. The van der Waals surface area contributed by atoms with Gasteiger partial charge < -0.3 is 9.31 Å². The normalized spacial score (nSPS) is 19.0. The summed E-state index contributed by atoms with van der Waals surface area (Å²) < 4.78 is 15.8. The average Bonchev–Trinajstić information content (AvgIpc) is 3.15. The molecule has 130 valence electrons. The summed E-state index contributed by atoms with van der Waals surface area (Å²) in [5.74, 6) is 0. The number of pyridine rings is 1. The molecule has 0 bridgehead atoms.